The maximum atomic E-state index is 14.0. The van der Waals surface area contributed by atoms with Crippen molar-refractivity contribution in [2.45, 2.75) is 57.5 Å². The van der Waals surface area contributed by atoms with Gasteiger partial charge in [-0.1, -0.05) is 81.4 Å². The maximum Gasteiger partial charge on any atom is 0.327 e. The Kier molecular flexibility index (Phi) is 7.49. The Hall–Kier alpha value is -4.41. The third-order valence-electron chi connectivity index (χ3n) is 9.29. The summed E-state index contributed by atoms with van der Waals surface area (Å²) in [5.74, 6) is 0.403. The van der Waals surface area contributed by atoms with Gasteiger partial charge in [-0.2, -0.15) is 0 Å². The molecule has 1 aliphatic carbocycles. The predicted octanol–water partition coefficient (Wildman–Crippen LogP) is 5.88. The Bertz CT molecular complexity index is 1970. The minimum Gasteiger partial charge on any atom is -0.407 e. The van der Waals surface area contributed by atoms with E-state index in [9.17, 15) is 9.18 Å². The van der Waals surface area contributed by atoms with Gasteiger partial charge in [0.25, 0.3) is 8.32 Å². The molecule has 0 unspecified atom stereocenters. The molecule has 7 rings (SSSR count). The molecule has 6 aromatic rings. The van der Waals surface area contributed by atoms with Crippen molar-refractivity contribution in [2.75, 3.05) is 6.61 Å². The molecule has 45 heavy (non-hydrogen) atoms. The van der Waals surface area contributed by atoms with Crippen LogP contribution in [0.1, 0.15) is 52.5 Å². The maximum absolute atomic E-state index is 14.0. The molecular formula is C35H37FN6O2Si. The third-order valence-corrected chi connectivity index (χ3v) is 14.3. The molecule has 1 fully saturated rings. The Morgan fingerprint density at radius 3 is 2.22 bits per heavy atom. The van der Waals surface area contributed by atoms with Gasteiger partial charge in [0, 0.05) is 18.8 Å². The minimum absolute atomic E-state index is 0.0118. The zero-order valence-electron chi connectivity index (χ0n) is 25.8. The van der Waals surface area contributed by atoms with Crippen molar-refractivity contribution in [3.8, 4) is 11.5 Å². The lowest BCUT2D eigenvalue weighted by Crippen LogP contribution is -2.66. The predicted molar refractivity (Wildman–Crippen MR) is 177 cm³/mol. The van der Waals surface area contributed by atoms with Crippen LogP contribution in [0.25, 0.3) is 28.3 Å². The number of nitrogens with zero attached hydrogens (tertiary/aromatic N) is 5. The highest BCUT2D eigenvalue weighted by Crippen LogP contribution is 2.39. The largest absolute Gasteiger partial charge is 0.407 e. The summed E-state index contributed by atoms with van der Waals surface area (Å²) in [5, 5.41) is 2.49. The van der Waals surface area contributed by atoms with Gasteiger partial charge in [0.05, 0.1) is 12.4 Å². The molecule has 10 heteroatoms. The van der Waals surface area contributed by atoms with Gasteiger partial charge in [0.1, 0.15) is 22.7 Å². The molecule has 230 valence electrons. The van der Waals surface area contributed by atoms with Crippen LogP contribution in [0.4, 0.5) is 4.39 Å². The summed E-state index contributed by atoms with van der Waals surface area (Å²) < 4.78 is 24.7. The Morgan fingerprint density at radius 2 is 1.58 bits per heavy atom. The van der Waals surface area contributed by atoms with Crippen molar-refractivity contribution in [3.63, 3.8) is 0 Å². The van der Waals surface area contributed by atoms with E-state index in [0.717, 1.165) is 25.7 Å². The Balaban J connectivity index is 1.13. The number of H-pyrrole nitrogens is 1. The van der Waals surface area contributed by atoms with Crippen molar-refractivity contribution in [3.05, 3.63) is 108 Å². The van der Waals surface area contributed by atoms with Crippen LogP contribution >= 0.6 is 0 Å². The lowest BCUT2D eigenvalue weighted by Gasteiger charge is -2.44. The molecule has 0 bridgehead atoms. The summed E-state index contributed by atoms with van der Waals surface area (Å²) in [4.78, 5) is 29.8. The van der Waals surface area contributed by atoms with Crippen LogP contribution in [0, 0.1) is 11.7 Å². The first-order valence-electron chi connectivity index (χ1n) is 15.6. The first kappa shape index (κ1) is 29.3. The fraction of sp³-hybridized carbons (Fsp3) is 0.314. The van der Waals surface area contributed by atoms with E-state index in [1.54, 1.807) is 27.4 Å². The highest BCUT2D eigenvalue weighted by Gasteiger charge is 2.50. The molecular weight excluding hydrogens is 584 g/mol. The SMILES string of the molecule is CC(C)(C)[Si](OC[C@H]1CC[C@H](n2c(=O)[nH]c3cnc(-c4cnc5ccc(F)cn45)nc32)CC1)(c1ccccc1)c1ccccc1. The molecule has 1 saturated carbocycles. The first-order valence-corrected chi connectivity index (χ1v) is 17.5. The van der Waals surface area contributed by atoms with Crippen molar-refractivity contribution in [1.82, 2.24) is 28.9 Å². The van der Waals surface area contributed by atoms with E-state index in [1.807, 2.05) is 0 Å². The number of hydrogen-bond acceptors (Lipinski definition) is 5. The Labute approximate surface area is 262 Å². The number of benzene rings is 2. The highest BCUT2D eigenvalue weighted by atomic mass is 28.4. The van der Waals surface area contributed by atoms with E-state index in [1.165, 1.54) is 22.6 Å². The van der Waals surface area contributed by atoms with Crippen molar-refractivity contribution in [2.24, 2.45) is 5.92 Å². The summed E-state index contributed by atoms with van der Waals surface area (Å²) in [6.07, 6.45) is 8.22. The van der Waals surface area contributed by atoms with E-state index in [4.69, 9.17) is 9.41 Å². The molecule has 0 spiro atoms. The van der Waals surface area contributed by atoms with Crippen LogP contribution in [-0.4, -0.2) is 43.8 Å². The number of nitrogens with one attached hydrogen (secondary N) is 1. The molecule has 0 atom stereocenters. The molecule has 1 N–H and O–H groups in total. The molecule has 0 amide bonds. The number of halogens is 1. The second-order valence-corrected chi connectivity index (χ2v) is 17.4. The number of pyridine rings is 1. The summed E-state index contributed by atoms with van der Waals surface area (Å²) >= 11 is 0. The van der Waals surface area contributed by atoms with E-state index in [-0.39, 0.29) is 22.6 Å². The van der Waals surface area contributed by atoms with Crippen LogP contribution in [-0.2, 0) is 4.43 Å². The van der Waals surface area contributed by atoms with Gasteiger partial charge in [0.15, 0.2) is 11.5 Å². The molecule has 0 radical (unpaired) electrons. The highest BCUT2D eigenvalue weighted by molar-refractivity contribution is 6.99. The fourth-order valence-electron chi connectivity index (χ4n) is 7.07. The van der Waals surface area contributed by atoms with Gasteiger partial charge in [-0.3, -0.25) is 8.97 Å². The number of aromatic nitrogens is 6. The fourth-order valence-corrected chi connectivity index (χ4v) is 11.7. The molecule has 4 heterocycles. The zero-order chi connectivity index (χ0) is 31.2. The zero-order valence-corrected chi connectivity index (χ0v) is 26.8. The van der Waals surface area contributed by atoms with Gasteiger partial charge in [-0.05, 0) is 59.1 Å². The number of hydrogen-bond donors (Lipinski definition) is 1. The quantitative estimate of drug-likeness (QED) is 0.225. The number of imidazole rings is 2. The standard InChI is InChI=1S/C35H37FN6O2Si/c1-35(2,3)45(27-10-6-4-7-11-27,28-12-8-5-9-13-28)44-23-24-14-17-26(18-15-24)42-33-29(39-34(42)43)20-38-32(40-33)30-21-37-31-19-16-25(36)22-41(30)31/h4-13,16,19-22,24,26H,14-15,17-18,23H2,1-3H3,(H,39,43)/t24-,26-. The van der Waals surface area contributed by atoms with Gasteiger partial charge < -0.3 is 9.41 Å². The minimum atomic E-state index is -2.61. The molecule has 0 saturated heterocycles. The molecule has 1 aliphatic rings. The van der Waals surface area contributed by atoms with Gasteiger partial charge >= 0.3 is 5.69 Å². The molecule has 4 aromatic heterocycles. The topological polar surface area (TPSA) is 90.1 Å². The number of aromatic amines is 1. The van der Waals surface area contributed by atoms with E-state index < -0.39 is 8.32 Å². The molecule has 2 aromatic carbocycles. The van der Waals surface area contributed by atoms with Crippen molar-refractivity contribution >= 4 is 35.5 Å². The average Bonchev–Trinajstić information content (AvgIpc) is 3.61. The second kappa shape index (κ2) is 11.5. The summed E-state index contributed by atoms with van der Waals surface area (Å²) in [5.41, 5.74) is 2.12. The lowest BCUT2D eigenvalue weighted by atomic mass is 9.86. The third kappa shape index (κ3) is 5.21. The van der Waals surface area contributed by atoms with E-state index >= 15 is 0 Å². The molecule has 0 aliphatic heterocycles. The monoisotopic (exact) mass is 620 g/mol. The second-order valence-electron chi connectivity index (χ2n) is 13.1. The average molecular weight is 621 g/mol. The normalized spacial score (nSPS) is 17.7. The van der Waals surface area contributed by atoms with Crippen molar-refractivity contribution in [1.29, 1.82) is 0 Å². The first-order chi connectivity index (χ1) is 21.7. The van der Waals surface area contributed by atoms with E-state index in [0.29, 0.717) is 40.9 Å². The van der Waals surface area contributed by atoms with Crippen LogP contribution in [0.15, 0.2) is 96.2 Å². The molecule has 8 nitrogen and oxygen atoms in total. The van der Waals surface area contributed by atoms with Gasteiger partial charge in [0.2, 0.25) is 0 Å². The summed E-state index contributed by atoms with van der Waals surface area (Å²) in [6, 6.07) is 24.5. The van der Waals surface area contributed by atoms with Gasteiger partial charge in [-0.25, -0.2) is 24.1 Å². The Morgan fingerprint density at radius 1 is 0.911 bits per heavy atom. The number of fused-ring (bicyclic) bond motifs is 2. The lowest BCUT2D eigenvalue weighted by molar-refractivity contribution is 0.176. The van der Waals surface area contributed by atoms with Crippen LogP contribution in [0.3, 0.4) is 0 Å². The van der Waals surface area contributed by atoms with Gasteiger partial charge in [-0.15, -0.1) is 0 Å². The summed E-state index contributed by atoms with van der Waals surface area (Å²) in [7, 11) is -2.61. The van der Waals surface area contributed by atoms with Crippen LogP contribution in [0.2, 0.25) is 5.04 Å². The smallest absolute Gasteiger partial charge is 0.327 e. The van der Waals surface area contributed by atoms with Crippen LogP contribution < -0.4 is 16.1 Å². The van der Waals surface area contributed by atoms with Crippen LogP contribution in [0.5, 0.6) is 0 Å². The number of rotatable bonds is 7. The summed E-state index contributed by atoms with van der Waals surface area (Å²) in [6.45, 7) is 7.59. The van der Waals surface area contributed by atoms with Crippen molar-refractivity contribution < 1.29 is 8.82 Å². The van der Waals surface area contributed by atoms with E-state index in [2.05, 4.69) is 96.4 Å².